The van der Waals surface area contributed by atoms with E-state index in [1.165, 1.54) is 48.4 Å². The van der Waals surface area contributed by atoms with Crippen LogP contribution in [0.5, 0.6) is 0 Å². The summed E-state index contributed by atoms with van der Waals surface area (Å²) in [6.07, 6.45) is 10.9. The van der Waals surface area contributed by atoms with Gasteiger partial charge in [-0.25, -0.2) is 0 Å². The van der Waals surface area contributed by atoms with E-state index in [0.29, 0.717) is 0 Å². The maximum atomic E-state index is 4.39. The Morgan fingerprint density at radius 3 is 2.62 bits per heavy atom. The molecule has 1 aromatic carbocycles. The Hall–Kier alpha value is -1.37. The summed E-state index contributed by atoms with van der Waals surface area (Å²) in [6, 6.07) is 8.62. The van der Waals surface area contributed by atoms with E-state index >= 15 is 0 Å². The minimum atomic E-state index is 0.743. The predicted octanol–water partition coefficient (Wildman–Crippen LogP) is 4.28. The lowest BCUT2D eigenvalue weighted by Crippen LogP contribution is -2.05. The van der Waals surface area contributed by atoms with Crippen molar-refractivity contribution >= 4 is 10.8 Å². The number of hydrogen-bond acceptors (Lipinski definition) is 1. The first-order valence-corrected chi connectivity index (χ1v) is 6.28. The number of benzene rings is 1. The summed E-state index contributed by atoms with van der Waals surface area (Å²) in [6.45, 7) is 0. The number of fused-ring (bicyclic) bond motifs is 1. The molecule has 1 heterocycles. The van der Waals surface area contributed by atoms with E-state index in [1.54, 1.807) is 0 Å². The maximum absolute atomic E-state index is 4.39. The SMILES string of the molecule is c1ccc2c(C3CCCCC3)cncc2c1. The highest BCUT2D eigenvalue weighted by Gasteiger charge is 2.17. The van der Waals surface area contributed by atoms with Gasteiger partial charge in [0, 0.05) is 17.8 Å². The van der Waals surface area contributed by atoms with Gasteiger partial charge in [0.25, 0.3) is 0 Å². The molecule has 1 heteroatoms. The van der Waals surface area contributed by atoms with Crippen LogP contribution in [0.25, 0.3) is 10.8 Å². The number of hydrogen-bond donors (Lipinski definition) is 0. The smallest absolute Gasteiger partial charge is 0.0346 e. The van der Waals surface area contributed by atoms with Gasteiger partial charge in [0.1, 0.15) is 0 Å². The quantitative estimate of drug-likeness (QED) is 0.686. The van der Waals surface area contributed by atoms with Crippen LogP contribution in [0.2, 0.25) is 0 Å². The molecule has 1 fully saturated rings. The lowest BCUT2D eigenvalue weighted by atomic mass is 9.83. The molecule has 82 valence electrons. The summed E-state index contributed by atoms with van der Waals surface area (Å²) in [5, 5.41) is 2.69. The molecule has 16 heavy (non-hydrogen) atoms. The average Bonchev–Trinajstić information content (AvgIpc) is 2.39. The molecule has 1 saturated carbocycles. The van der Waals surface area contributed by atoms with Crippen LogP contribution < -0.4 is 0 Å². The van der Waals surface area contributed by atoms with Gasteiger partial charge in [-0.2, -0.15) is 0 Å². The van der Waals surface area contributed by atoms with Crippen LogP contribution >= 0.6 is 0 Å². The van der Waals surface area contributed by atoms with Crippen LogP contribution in [0, 0.1) is 0 Å². The molecule has 0 amide bonds. The molecule has 3 rings (SSSR count). The molecule has 1 aliphatic carbocycles. The fourth-order valence-electron chi connectivity index (χ4n) is 2.88. The Kier molecular flexibility index (Phi) is 2.61. The van der Waals surface area contributed by atoms with Crippen molar-refractivity contribution in [3.8, 4) is 0 Å². The molecule has 0 spiro atoms. The van der Waals surface area contributed by atoms with Gasteiger partial charge in [0.2, 0.25) is 0 Å². The van der Waals surface area contributed by atoms with Crippen molar-refractivity contribution in [2.24, 2.45) is 0 Å². The summed E-state index contributed by atoms with van der Waals surface area (Å²) in [7, 11) is 0. The minimum Gasteiger partial charge on any atom is -0.264 e. The van der Waals surface area contributed by atoms with E-state index in [1.807, 2.05) is 6.20 Å². The molecule has 0 unspecified atom stereocenters. The Balaban J connectivity index is 2.08. The van der Waals surface area contributed by atoms with Crippen LogP contribution in [0.4, 0.5) is 0 Å². The van der Waals surface area contributed by atoms with E-state index in [4.69, 9.17) is 0 Å². The summed E-state index contributed by atoms with van der Waals surface area (Å²) < 4.78 is 0. The Morgan fingerprint density at radius 2 is 1.75 bits per heavy atom. The summed E-state index contributed by atoms with van der Waals surface area (Å²) in [4.78, 5) is 4.39. The second-order valence-electron chi connectivity index (χ2n) is 4.78. The molecular formula is C15H17N. The molecule has 0 atom stereocenters. The predicted molar refractivity (Wildman–Crippen MR) is 67.6 cm³/mol. The fourth-order valence-corrected chi connectivity index (χ4v) is 2.88. The van der Waals surface area contributed by atoms with Gasteiger partial charge in [0.05, 0.1) is 0 Å². The summed E-state index contributed by atoms with van der Waals surface area (Å²) >= 11 is 0. The topological polar surface area (TPSA) is 12.9 Å². The van der Waals surface area contributed by atoms with Gasteiger partial charge in [-0.15, -0.1) is 0 Å². The van der Waals surface area contributed by atoms with Crippen molar-refractivity contribution in [2.75, 3.05) is 0 Å². The first kappa shape index (κ1) is 9.83. The van der Waals surface area contributed by atoms with Crippen LogP contribution in [0.15, 0.2) is 36.7 Å². The van der Waals surface area contributed by atoms with Crippen LogP contribution in [-0.4, -0.2) is 4.98 Å². The monoisotopic (exact) mass is 211 g/mol. The third kappa shape index (κ3) is 1.71. The van der Waals surface area contributed by atoms with Crippen LogP contribution in [0.3, 0.4) is 0 Å². The standard InChI is InChI=1S/C15H17N/c1-2-6-12(7-3-1)15-11-16-10-13-8-4-5-9-14(13)15/h4-5,8-12H,1-3,6-7H2. The fraction of sp³-hybridized carbons (Fsp3) is 0.400. The Bertz CT molecular complexity index is 478. The van der Waals surface area contributed by atoms with Crippen molar-refractivity contribution in [2.45, 2.75) is 38.0 Å². The second-order valence-corrected chi connectivity index (χ2v) is 4.78. The molecule has 1 nitrogen and oxygen atoms in total. The number of pyridine rings is 1. The van der Waals surface area contributed by atoms with E-state index in [2.05, 4.69) is 35.4 Å². The summed E-state index contributed by atoms with van der Waals surface area (Å²) in [5.74, 6) is 0.743. The normalized spacial score (nSPS) is 17.8. The molecular weight excluding hydrogens is 194 g/mol. The van der Waals surface area contributed by atoms with Gasteiger partial charge >= 0.3 is 0 Å². The lowest BCUT2D eigenvalue weighted by molar-refractivity contribution is 0.445. The van der Waals surface area contributed by atoms with Gasteiger partial charge in [-0.1, -0.05) is 43.5 Å². The van der Waals surface area contributed by atoms with Gasteiger partial charge in [0.15, 0.2) is 0 Å². The maximum Gasteiger partial charge on any atom is 0.0346 e. The zero-order valence-corrected chi connectivity index (χ0v) is 9.52. The van der Waals surface area contributed by atoms with E-state index in [9.17, 15) is 0 Å². The van der Waals surface area contributed by atoms with Crippen molar-refractivity contribution in [3.05, 3.63) is 42.2 Å². The van der Waals surface area contributed by atoms with E-state index in [-0.39, 0.29) is 0 Å². The Morgan fingerprint density at radius 1 is 0.938 bits per heavy atom. The number of rotatable bonds is 1. The molecule has 0 bridgehead atoms. The average molecular weight is 211 g/mol. The third-order valence-corrected chi connectivity index (χ3v) is 3.74. The van der Waals surface area contributed by atoms with Crippen molar-refractivity contribution in [1.82, 2.24) is 4.98 Å². The van der Waals surface area contributed by atoms with Crippen LogP contribution in [-0.2, 0) is 0 Å². The zero-order chi connectivity index (χ0) is 10.8. The van der Waals surface area contributed by atoms with Gasteiger partial charge < -0.3 is 0 Å². The van der Waals surface area contributed by atoms with Gasteiger partial charge in [-0.3, -0.25) is 4.98 Å². The van der Waals surface area contributed by atoms with Crippen molar-refractivity contribution in [1.29, 1.82) is 0 Å². The van der Waals surface area contributed by atoms with E-state index in [0.717, 1.165) is 5.92 Å². The summed E-state index contributed by atoms with van der Waals surface area (Å²) in [5.41, 5.74) is 1.47. The molecule has 0 aliphatic heterocycles. The highest BCUT2D eigenvalue weighted by Crippen LogP contribution is 2.35. The number of nitrogens with zero attached hydrogens (tertiary/aromatic N) is 1. The van der Waals surface area contributed by atoms with Crippen molar-refractivity contribution < 1.29 is 0 Å². The van der Waals surface area contributed by atoms with Gasteiger partial charge in [-0.05, 0) is 29.7 Å². The first-order valence-electron chi connectivity index (χ1n) is 6.28. The van der Waals surface area contributed by atoms with Crippen LogP contribution in [0.1, 0.15) is 43.6 Å². The second kappa shape index (κ2) is 4.25. The third-order valence-electron chi connectivity index (χ3n) is 3.74. The lowest BCUT2D eigenvalue weighted by Gasteiger charge is -2.22. The molecule has 0 radical (unpaired) electrons. The zero-order valence-electron chi connectivity index (χ0n) is 9.52. The molecule has 1 aromatic heterocycles. The number of aromatic nitrogens is 1. The Labute approximate surface area is 96.5 Å². The highest BCUT2D eigenvalue weighted by atomic mass is 14.6. The minimum absolute atomic E-state index is 0.743. The molecule has 1 aliphatic rings. The first-order chi connectivity index (χ1) is 7.95. The molecule has 0 saturated heterocycles. The van der Waals surface area contributed by atoms with Crippen molar-refractivity contribution in [3.63, 3.8) is 0 Å². The molecule has 0 N–H and O–H groups in total. The largest absolute Gasteiger partial charge is 0.264 e. The highest BCUT2D eigenvalue weighted by molar-refractivity contribution is 5.85. The van der Waals surface area contributed by atoms with E-state index < -0.39 is 0 Å². The molecule has 2 aromatic rings.